The first-order valence-electron chi connectivity index (χ1n) is 8.75. The highest BCUT2D eigenvalue weighted by molar-refractivity contribution is 7.13. The number of amides is 1. The van der Waals surface area contributed by atoms with Crippen LogP contribution in [0.1, 0.15) is 62.6 Å². The van der Waals surface area contributed by atoms with Crippen molar-refractivity contribution >= 4 is 17.2 Å². The van der Waals surface area contributed by atoms with Crippen molar-refractivity contribution in [1.82, 2.24) is 20.1 Å². The molecule has 2 aliphatic rings. The third kappa shape index (κ3) is 2.97. The van der Waals surface area contributed by atoms with Crippen molar-refractivity contribution in [1.29, 1.82) is 0 Å². The number of carbonyl (C=O) groups excluding carboxylic acids is 1. The lowest BCUT2D eigenvalue weighted by Crippen LogP contribution is -2.31. The zero-order valence-corrected chi connectivity index (χ0v) is 14.7. The highest BCUT2D eigenvalue weighted by Crippen LogP contribution is 2.36. The van der Waals surface area contributed by atoms with E-state index in [9.17, 15) is 4.79 Å². The molecule has 0 aromatic carbocycles. The highest BCUT2D eigenvalue weighted by atomic mass is 32.1. The summed E-state index contributed by atoms with van der Waals surface area (Å²) in [6.45, 7) is 2.73. The zero-order chi connectivity index (χ0) is 16.5. The predicted octanol–water partition coefficient (Wildman–Crippen LogP) is 3.75. The maximum atomic E-state index is 12.7. The average molecular weight is 346 g/mol. The molecule has 1 saturated heterocycles. The number of rotatable bonds is 4. The summed E-state index contributed by atoms with van der Waals surface area (Å²) in [5, 5.41) is 8.40. The molecule has 2 aromatic heterocycles. The van der Waals surface area contributed by atoms with Crippen LogP contribution in [0.3, 0.4) is 0 Å². The maximum Gasteiger partial charge on any atom is 0.259 e. The molecule has 1 atom stereocenters. The minimum Gasteiger partial charge on any atom is -0.418 e. The van der Waals surface area contributed by atoms with Gasteiger partial charge in [-0.25, -0.2) is 4.98 Å². The average Bonchev–Trinajstić information content (AvgIpc) is 3.34. The number of nitrogens with zero attached hydrogens (tertiary/aromatic N) is 4. The summed E-state index contributed by atoms with van der Waals surface area (Å²) in [6, 6.07) is -0.0617. The number of carbonyl (C=O) groups is 1. The lowest BCUT2D eigenvalue weighted by molar-refractivity contribution is -0.133. The molecule has 1 unspecified atom stereocenters. The summed E-state index contributed by atoms with van der Waals surface area (Å²) in [5.41, 5.74) is 2.68. The Morgan fingerprint density at radius 2 is 2.12 bits per heavy atom. The van der Waals surface area contributed by atoms with E-state index in [1.807, 2.05) is 11.8 Å². The number of likely N-dealkylation sites (tertiary alicyclic amines) is 1. The molecule has 0 radical (unpaired) electrons. The Balaban J connectivity index is 1.49. The summed E-state index contributed by atoms with van der Waals surface area (Å²) >= 11 is 1.50. The van der Waals surface area contributed by atoms with Gasteiger partial charge in [0.2, 0.25) is 11.8 Å². The van der Waals surface area contributed by atoms with Crippen LogP contribution in [-0.2, 0) is 4.79 Å². The number of aryl methyl sites for hydroxylation is 1. The Kier molecular flexibility index (Phi) is 4.35. The maximum absolute atomic E-state index is 12.7. The van der Waals surface area contributed by atoms with Crippen LogP contribution in [0.2, 0.25) is 0 Å². The van der Waals surface area contributed by atoms with Crippen molar-refractivity contribution in [2.24, 2.45) is 5.92 Å². The Hall–Kier alpha value is -1.76. The second-order valence-corrected chi connectivity index (χ2v) is 7.67. The molecule has 1 amide bonds. The largest absolute Gasteiger partial charge is 0.418 e. The van der Waals surface area contributed by atoms with E-state index >= 15 is 0 Å². The van der Waals surface area contributed by atoms with Gasteiger partial charge in [-0.3, -0.25) is 4.79 Å². The molecule has 128 valence electrons. The number of hydrogen-bond acceptors (Lipinski definition) is 6. The monoisotopic (exact) mass is 346 g/mol. The number of aromatic nitrogens is 3. The molecular formula is C17H22N4O2S. The van der Waals surface area contributed by atoms with Gasteiger partial charge in [-0.2, -0.15) is 0 Å². The van der Waals surface area contributed by atoms with Gasteiger partial charge in [-0.1, -0.05) is 12.8 Å². The molecule has 2 fully saturated rings. The van der Waals surface area contributed by atoms with E-state index in [1.165, 1.54) is 37.0 Å². The van der Waals surface area contributed by atoms with E-state index in [0.717, 1.165) is 30.0 Å². The molecule has 4 rings (SSSR count). The summed E-state index contributed by atoms with van der Waals surface area (Å²) in [5.74, 6) is 1.89. The summed E-state index contributed by atoms with van der Waals surface area (Å²) in [7, 11) is 0. The van der Waals surface area contributed by atoms with Crippen LogP contribution in [0.5, 0.6) is 0 Å². The molecule has 3 heterocycles. The normalized spacial score (nSPS) is 21.7. The third-order valence-corrected chi connectivity index (χ3v) is 6.09. The van der Waals surface area contributed by atoms with Crippen molar-refractivity contribution < 1.29 is 9.21 Å². The van der Waals surface area contributed by atoms with Gasteiger partial charge in [0, 0.05) is 13.0 Å². The molecule has 6 nitrogen and oxygen atoms in total. The van der Waals surface area contributed by atoms with Gasteiger partial charge in [0.15, 0.2) is 0 Å². The highest BCUT2D eigenvalue weighted by Gasteiger charge is 2.35. The summed E-state index contributed by atoms with van der Waals surface area (Å²) < 4.78 is 5.90. The van der Waals surface area contributed by atoms with Gasteiger partial charge in [0.25, 0.3) is 5.89 Å². The molecule has 24 heavy (non-hydrogen) atoms. The lowest BCUT2D eigenvalue weighted by atomic mass is 10.0. The Morgan fingerprint density at radius 3 is 2.88 bits per heavy atom. The van der Waals surface area contributed by atoms with Crippen LogP contribution in [0.25, 0.3) is 10.8 Å². The van der Waals surface area contributed by atoms with E-state index in [0.29, 0.717) is 24.1 Å². The standard InChI is InChI=1S/C17H22N4O2S/c1-11-15(24-10-18-11)17-20-19-16(23-17)13-7-4-8-21(13)14(22)9-12-5-2-3-6-12/h10,12-13H,2-9H2,1H3. The van der Waals surface area contributed by atoms with E-state index in [-0.39, 0.29) is 11.9 Å². The van der Waals surface area contributed by atoms with Crippen molar-refractivity contribution in [3.63, 3.8) is 0 Å². The van der Waals surface area contributed by atoms with Crippen LogP contribution in [0.15, 0.2) is 9.93 Å². The zero-order valence-electron chi connectivity index (χ0n) is 13.9. The molecule has 0 bridgehead atoms. The number of thiazole rings is 1. The van der Waals surface area contributed by atoms with E-state index in [4.69, 9.17) is 4.42 Å². The molecule has 1 saturated carbocycles. The third-order valence-electron chi connectivity index (χ3n) is 5.18. The molecule has 7 heteroatoms. The summed E-state index contributed by atoms with van der Waals surface area (Å²) in [4.78, 5) is 19.8. The topological polar surface area (TPSA) is 72.1 Å². The first kappa shape index (κ1) is 15.7. The van der Waals surface area contributed by atoms with E-state index < -0.39 is 0 Å². The molecule has 2 aromatic rings. The summed E-state index contributed by atoms with van der Waals surface area (Å²) in [6.07, 6.45) is 7.49. The fourth-order valence-corrected chi connectivity index (χ4v) is 4.59. The van der Waals surface area contributed by atoms with Gasteiger partial charge < -0.3 is 9.32 Å². The van der Waals surface area contributed by atoms with Crippen molar-refractivity contribution in [3.8, 4) is 10.8 Å². The van der Waals surface area contributed by atoms with Crippen LogP contribution >= 0.6 is 11.3 Å². The first-order chi connectivity index (χ1) is 11.7. The predicted molar refractivity (Wildman–Crippen MR) is 90.4 cm³/mol. The Bertz CT molecular complexity index is 720. The Labute approximate surface area is 145 Å². The van der Waals surface area contributed by atoms with Crippen LogP contribution < -0.4 is 0 Å². The lowest BCUT2D eigenvalue weighted by Gasteiger charge is -2.23. The van der Waals surface area contributed by atoms with Crippen molar-refractivity contribution in [3.05, 3.63) is 17.1 Å². The minimum absolute atomic E-state index is 0.0617. The second kappa shape index (κ2) is 6.63. The fraction of sp³-hybridized carbons (Fsp3) is 0.647. The van der Waals surface area contributed by atoms with Crippen molar-refractivity contribution in [2.75, 3.05) is 6.54 Å². The van der Waals surface area contributed by atoms with Gasteiger partial charge >= 0.3 is 0 Å². The molecule has 1 aliphatic heterocycles. The van der Waals surface area contributed by atoms with Crippen LogP contribution in [0.4, 0.5) is 0 Å². The SMILES string of the molecule is Cc1ncsc1-c1nnc(C2CCCN2C(=O)CC2CCCC2)o1. The second-order valence-electron chi connectivity index (χ2n) is 6.81. The minimum atomic E-state index is -0.0617. The van der Waals surface area contributed by atoms with Crippen LogP contribution in [0, 0.1) is 12.8 Å². The van der Waals surface area contributed by atoms with Gasteiger partial charge in [-0.15, -0.1) is 21.5 Å². The number of hydrogen-bond donors (Lipinski definition) is 0. The molecular weight excluding hydrogens is 324 g/mol. The fourth-order valence-electron chi connectivity index (χ4n) is 3.87. The molecule has 0 spiro atoms. The van der Waals surface area contributed by atoms with Gasteiger partial charge in [-0.05, 0) is 38.5 Å². The van der Waals surface area contributed by atoms with E-state index in [1.54, 1.807) is 5.51 Å². The molecule has 1 aliphatic carbocycles. The Morgan fingerprint density at radius 1 is 1.29 bits per heavy atom. The quantitative estimate of drug-likeness (QED) is 0.843. The smallest absolute Gasteiger partial charge is 0.259 e. The van der Waals surface area contributed by atoms with Gasteiger partial charge in [0.05, 0.1) is 11.2 Å². The first-order valence-corrected chi connectivity index (χ1v) is 9.63. The van der Waals surface area contributed by atoms with E-state index in [2.05, 4.69) is 15.2 Å². The van der Waals surface area contributed by atoms with Crippen LogP contribution in [-0.4, -0.2) is 32.5 Å². The molecule has 0 N–H and O–H groups in total. The van der Waals surface area contributed by atoms with Gasteiger partial charge in [0.1, 0.15) is 10.9 Å². The van der Waals surface area contributed by atoms with Crippen molar-refractivity contribution in [2.45, 2.75) is 57.9 Å².